The van der Waals surface area contributed by atoms with E-state index in [1.807, 2.05) is 24.3 Å². The summed E-state index contributed by atoms with van der Waals surface area (Å²) in [6.07, 6.45) is 1.93. The van der Waals surface area contributed by atoms with E-state index in [9.17, 15) is 4.79 Å². The highest BCUT2D eigenvalue weighted by atomic mass is 16.7. The summed E-state index contributed by atoms with van der Waals surface area (Å²) in [5, 5.41) is 2.95. The largest absolute Gasteiger partial charge is 0.468 e. The van der Waals surface area contributed by atoms with Crippen molar-refractivity contribution in [1.82, 2.24) is 5.32 Å². The molecule has 1 amide bonds. The van der Waals surface area contributed by atoms with Gasteiger partial charge in [-0.3, -0.25) is 4.79 Å². The summed E-state index contributed by atoms with van der Waals surface area (Å²) in [4.78, 5) is 11.8. The van der Waals surface area contributed by atoms with Crippen LogP contribution in [0.15, 0.2) is 24.3 Å². The Labute approximate surface area is 114 Å². The first kappa shape index (κ1) is 13.9. The zero-order valence-corrected chi connectivity index (χ0v) is 11.5. The van der Waals surface area contributed by atoms with Gasteiger partial charge in [0.15, 0.2) is 6.79 Å². The number of rotatable bonds is 7. The number of amides is 1. The standard InChI is InChI=1S/C15H21NO3/c1-3-8-16-15(17)14-9-13(14)11-4-6-12(7-5-11)19-10-18-2/h4-7,13-14H,3,8-10H2,1-2H3,(H,16,17). The molecule has 0 bridgehead atoms. The molecule has 0 radical (unpaired) electrons. The molecule has 2 unspecified atom stereocenters. The molecule has 1 aliphatic rings. The van der Waals surface area contributed by atoms with E-state index in [2.05, 4.69) is 12.2 Å². The third-order valence-corrected chi connectivity index (χ3v) is 3.33. The van der Waals surface area contributed by atoms with Gasteiger partial charge in [-0.25, -0.2) is 0 Å². The SMILES string of the molecule is CCCNC(=O)C1CC1c1ccc(OCOC)cc1. The van der Waals surface area contributed by atoms with Crippen LogP contribution >= 0.6 is 0 Å². The van der Waals surface area contributed by atoms with Gasteiger partial charge in [-0.2, -0.15) is 0 Å². The van der Waals surface area contributed by atoms with E-state index in [0.717, 1.165) is 25.1 Å². The van der Waals surface area contributed by atoms with Crippen LogP contribution in [0.25, 0.3) is 0 Å². The summed E-state index contributed by atoms with van der Waals surface area (Å²) in [5.41, 5.74) is 1.21. The lowest BCUT2D eigenvalue weighted by Crippen LogP contribution is -2.25. The summed E-state index contributed by atoms with van der Waals surface area (Å²) >= 11 is 0. The first-order valence-electron chi connectivity index (χ1n) is 6.75. The van der Waals surface area contributed by atoms with E-state index >= 15 is 0 Å². The molecule has 0 aliphatic heterocycles. The fourth-order valence-electron chi connectivity index (χ4n) is 2.17. The zero-order chi connectivity index (χ0) is 13.7. The molecule has 2 atom stereocenters. The Morgan fingerprint density at radius 2 is 2.11 bits per heavy atom. The maximum Gasteiger partial charge on any atom is 0.223 e. The quantitative estimate of drug-likeness (QED) is 0.768. The van der Waals surface area contributed by atoms with Crippen LogP contribution in [0.1, 0.15) is 31.2 Å². The van der Waals surface area contributed by atoms with Crippen LogP contribution in [0, 0.1) is 5.92 Å². The molecule has 1 aromatic carbocycles. The van der Waals surface area contributed by atoms with Crippen molar-refractivity contribution < 1.29 is 14.3 Å². The fraction of sp³-hybridized carbons (Fsp3) is 0.533. The van der Waals surface area contributed by atoms with Gasteiger partial charge in [-0.05, 0) is 36.5 Å². The van der Waals surface area contributed by atoms with Gasteiger partial charge in [0.2, 0.25) is 5.91 Å². The smallest absolute Gasteiger partial charge is 0.223 e. The number of hydrogen-bond donors (Lipinski definition) is 1. The van der Waals surface area contributed by atoms with E-state index < -0.39 is 0 Å². The van der Waals surface area contributed by atoms with Crippen molar-refractivity contribution in [2.24, 2.45) is 5.92 Å². The Hall–Kier alpha value is -1.55. The highest BCUT2D eigenvalue weighted by Crippen LogP contribution is 2.47. The van der Waals surface area contributed by atoms with E-state index in [-0.39, 0.29) is 18.6 Å². The molecule has 0 spiro atoms. The lowest BCUT2D eigenvalue weighted by molar-refractivity contribution is -0.122. The van der Waals surface area contributed by atoms with Crippen LogP contribution in [0.4, 0.5) is 0 Å². The van der Waals surface area contributed by atoms with E-state index in [4.69, 9.17) is 9.47 Å². The number of methoxy groups -OCH3 is 1. The van der Waals surface area contributed by atoms with Crippen LogP contribution in [0.5, 0.6) is 5.75 Å². The second kappa shape index (κ2) is 6.57. The summed E-state index contributed by atoms with van der Waals surface area (Å²) in [6.45, 7) is 3.08. The Bertz CT molecular complexity index is 416. The van der Waals surface area contributed by atoms with E-state index in [1.54, 1.807) is 7.11 Å². The number of benzene rings is 1. The van der Waals surface area contributed by atoms with Gasteiger partial charge in [0.25, 0.3) is 0 Å². The molecular weight excluding hydrogens is 242 g/mol. The van der Waals surface area contributed by atoms with Crippen LogP contribution in [0.2, 0.25) is 0 Å². The van der Waals surface area contributed by atoms with Gasteiger partial charge in [0.1, 0.15) is 5.75 Å². The van der Waals surface area contributed by atoms with Crippen molar-refractivity contribution >= 4 is 5.91 Å². The molecule has 4 heteroatoms. The molecule has 1 fully saturated rings. The maximum atomic E-state index is 11.8. The van der Waals surface area contributed by atoms with Crippen molar-refractivity contribution in [3.8, 4) is 5.75 Å². The number of nitrogens with one attached hydrogen (secondary N) is 1. The Morgan fingerprint density at radius 1 is 1.37 bits per heavy atom. The normalized spacial score (nSPS) is 20.9. The molecule has 0 heterocycles. The summed E-state index contributed by atoms with van der Waals surface area (Å²) < 4.78 is 10.2. The second-order valence-corrected chi connectivity index (χ2v) is 4.86. The number of carbonyl (C=O) groups excluding carboxylic acids is 1. The van der Waals surface area contributed by atoms with Gasteiger partial charge in [-0.15, -0.1) is 0 Å². The Balaban J connectivity index is 1.85. The lowest BCUT2D eigenvalue weighted by atomic mass is 10.1. The van der Waals surface area contributed by atoms with Crippen molar-refractivity contribution in [3.63, 3.8) is 0 Å². The van der Waals surface area contributed by atoms with E-state index in [0.29, 0.717) is 5.92 Å². The first-order chi connectivity index (χ1) is 9.26. The van der Waals surface area contributed by atoms with Crippen LogP contribution in [-0.4, -0.2) is 26.4 Å². The predicted molar refractivity (Wildman–Crippen MR) is 73.1 cm³/mol. The molecule has 2 rings (SSSR count). The fourth-order valence-corrected chi connectivity index (χ4v) is 2.17. The first-order valence-corrected chi connectivity index (χ1v) is 6.75. The maximum absolute atomic E-state index is 11.8. The van der Waals surface area contributed by atoms with Crippen molar-refractivity contribution in [3.05, 3.63) is 29.8 Å². The van der Waals surface area contributed by atoms with Gasteiger partial charge >= 0.3 is 0 Å². The van der Waals surface area contributed by atoms with Crippen LogP contribution in [0.3, 0.4) is 0 Å². The van der Waals surface area contributed by atoms with Crippen molar-refractivity contribution in [1.29, 1.82) is 0 Å². The molecule has 19 heavy (non-hydrogen) atoms. The molecule has 104 valence electrons. The van der Waals surface area contributed by atoms with Crippen LogP contribution < -0.4 is 10.1 Å². The highest BCUT2D eigenvalue weighted by molar-refractivity contribution is 5.82. The average Bonchev–Trinajstić information content (AvgIpc) is 3.23. The molecule has 1 N–H and O–H groups in total. The number of carbonyl (C=O) groups is 1. The topological polar surface area (TPSA) is 47.6 Å². The monoisotopic (exact) mass is 263 g/mol. The minimum absolute atomic E-state index is 0.150. The van der Waals surface area contributed by atoms with E-state index in [1.165, 1.54) is 5.56 Å². The lowest BCUT2D eigenvalue weighted by Gasteiger charge is -2.06. The molecule has 1 aromatic rings. The summed E-state index contributed by atoms with van der Waals surface area (Å²) in [7, 11) is 1.60. The molecule has 1 aliphatic carbocycles. The molecule has 0 aromatic heterocycles. The van der Waals surface area contributed by atoms with Crippen LogP contribution in [-0.2, 0) is 9.53 Å². The minimum Gasteiger partial charge on any atom is -0.468 e. The second-order valence-electron chi connectivity index (χ2n) is 4.86. The average molecular weight is 263 g/mol. The van der Waals surface area contributed by atoms with Crippen molar-refractivity contribution in [2.75, 3.05) is 20.4 Å². The Morgan fingerprint density at radius 3 is 2.74 bits per heavy atom. The van der Waals surface area contributed by atoms with Gasteiger partial charge in [-0.1, -0.05) is 19.1 Å². The van der Waals surface area contributed by atoms with Gasteiger partial charge in [0, 0.05) is 19.6 Å². The third-order valence-electron chi connectivity index (χ3n) is 3.33. The predicted octanol–water partition coefficient (Wildman–Crippen LogP) is 2.30. The highest BCUT2D eigenvalue weighted by Gasteiger charge is 2.43. The molecular formula is C15H21NO3. The molecule has 0 saturated heterocycles. The zero-order valence-electron chi connectivity index (χ0n) is 11.5. The van der Waals surface area contributed by atoms with Gasteiger partial charge in [0.05, 0.1) is 0 Å². The van der Waals surface area contributed by atoms with Gasteiger partial charge < -0.3 is 14.8 Å². The molecule has 1 saturated carbocycles. The third kappa shape index (κ3) is 3.70. The molecule has 4 nitrogen and oxygen atoms in total. The minimum atomic E-state index is 0.150. The summed E-state index contributed by atoms with van der Waals surface area (Å²) in [6, 6.07) is 7.91. The number of ether oxygens (including phenoxy) is 2. The summed E-state index contributed by atoms with van der Waals surface area (Å²) in [5.74, 6) is 1.50. The number of hydrogen-bond acceptors (Lipinski definition) is 3. The van der Waals surface area contributed by atoms with Crippen molar-refractivity contribution in [2.45, 2.75) is 25.7 Å². The Kier molecular flexibility index (Phi) is 4.80.